The molecular formula is C11H21N3O3S. The van der Waals surface area contributed by atoms with Crippen LogP contribution in [0.4, 0.5) is 0 Å². The fraction of sp³-hybridized carbons (Fsp3) is 0.727. The Morgan fingerprint density at radius 3 is 2.78 bits per heavy atom. The van der Waals surface area contributed by atoms with E-state index in [1.165, 1.54) is 0 Å². The van der Waals surface area contributed by atoms with Gasteiger partial charge in [0.1, 0.15) is 17.2 Å². The maximum absolute atomic E-state index is 11.9. The monoisotopic (exact) mass is 275 g/mol. The number of sulfonamides is 1. The van der Waals surface area contributed by atoms with E-state index in [9.17, 15) is 8.42 Å². The van der Waals surface area contributed by atoms with Gasteiger partial charge in [-0.25, -0.2) is 13.1 Å². The predicted molar refractivity (Wildman–Crippen MR) is 69.4 cm³/mol. The number of aromatic nitrogens is 1. The van der Waals surface area contributed by atoms with Crippen LogP contribution < -0.4 is 10.5 Å². The van der Waals surface area contributed by atoms with Gasteiger partial charge in [0.2, 0.25) is 10.0 Å². The van der Waals surface area contributed by atoms with Gasteiger partial charge in [0.15, 0.2) is 0 Å². The van der Waals surface area contributed by atoms with Gasteiger partial charge in [-0.1, -0.05) is 24.9 Å². The summed E-state index contributed by atoms with van der Waals surface area (Å²) in [4.78, 5) is 0. The molecule has 0 aliphatic heterocycles. The van der Waals surface area contributed by atoms with Gasteiger partial charge in [0.05, 0.1) is 0 Å². The Morgan fingerprint density at radius 1 is 1.56 bits per heavy atom. The van der Waals surface area contributed by atoms with Gasteiger partial charge in [-0.2, -0.15) is 0 Å². The first kappa shape index (κ1) is 15.1. The molecule has 0 saturated carbocycles. The molecule has 1 aromatic heterocycles. The number of nitrogens with two attached hydrogens (primary N) is 1. The van der Waals surface area contributed by atoms with E-state index >= 15 is 0 Å². The van der Waals surface area contributed by atoms with E-state index in [-0.39, 0.29) is 11.8 Å². The predicted octanol–water partition coefficient (Wildman–Crippen LogP) is 0.920. The fourth-order valence-electron chi connectivity index (χ4n) is 1.65. The van der Waals surface area contributed by atoms with Crippen molar-refractivity contribution >= 4 is 10.0 Å². The van der Waals surface area contributed by atoms with Crippen LogP contribution in [0.2, 0.25) is 0 Å². The molecule has 1 atom stereocenters. The van der Waals surface area contributed by atoms with Crippen LogP contribution in [0.1, 0.15) is 37.6 Å². The number of nitrogens with zero attached hydrogens (tertiary/aromatic N) is 1. The third kappa shape index (κ3) is 5.16. The van der Waals surface area contributed by atoms with E-state index < -0.39 is 10.0 Å². The highest BCUT2D eigenvalue weighted by atomic mass is 32.2. The average Bonchev–Trinajstić information content (AvgIpc) is 2.69. The van der Waals surface area contributed by atoms with Gasteiger partial charge in [-0.3, -0.25) is 0 Å². The minimum Gasteiger partial charge on any atom is -0.361 e. The number of hydrogen-bond acceptors (Lipinski definition) is 5. The largest absolute Gasteiger partial charge is 0.361 e. The van der Waals surface area contributed by atoms with Crippen molar-refractivity contribution in [2.24, 2.45) is 5.73 Å². The van der Waals surface area contributed by atoms with Gasteiger partial charge in [0.25, 0.3) is 0 Å². The average molecular weight is 275 g/mol. The summed E-state index contributed by atoms with van der Waals surface area (Å²) in [5.74, 6) is 0.425. The molecule has 0 aliphatic rings. The number of unbranched alkanes of at least 4 members (excludes halogenated alkanes) is 1. The maximum atomic E-state index is 11.9. The zero-order valence-electron chi connectivity index (χ0n) is 10.8. The lowest BCUT2D eigenvalue weighted by Gasteiger charge is -2.15. The third-order valence-electron chi connectivity index (χ3n) is 2.55. The van der Waals surface area contributed by atoms with E-state index in [4.69, 9.17) is 10.3 Å². The molecule has 104 valence electrons. The zero-order chi connectivity index (χ0) is 13.6. The van der Waals surface area contributed by atoms with Crippen LogP contribution in [0.15, 0.2) is 10.6 Å². The van der Waals surface area contributed by atoms with Gasteiger partial charge < -0.3 is 10.3 Å². The van der Waals surface area contributed by atoms with Gasteiger partial charge in [-0.05, 0) is 13.3 Å². The Balaban J connectivity index is 2.57. The first-order valence-corrected chi connectivity index (χ1v) is 7.74. The van der Waals surface area contributed by atoms with E-state index in [0.29, 0.717) is 18.0 Å². The summed E-state index contributed by atoms with van der Waals surface area (Å²) < 4.78 is 31.2. The lowest BCUT2D eigenvalue weighted by atomic mass is 10.1. The second-order valence-corrected chi connectivity index (χ2v) is 6.13. The lowest BCUT2D eigenvalue weighted by molar-refractivity contribution is 0.392. The second-order valence-electron chi connectivity index (χ2n) is 4.38. The molecule has 0 radical (unpaired) electrons. The topological polar surface area (TPSA) is 98.2 Å². The van der Waals surface area contributed by atoms with Gasteiger partial charge >= 0.3 is 0 Å². The molecule has 7 heteroatoms. The molecule has 1 unspecified atom stereocenters. The summed E-state index contributed by atoms with van der Waals surface area (Å²) in [6, 6.07) is 1.41. The highest BCUT2D eigenvalue weighted by Crippen LogP contribution is 2.07. The Hall–Kier alpha value is -0.920. The highest BCUT2D eigenvalue weighted by Gasteiger charge is 2.18. The molecule has 1 aromatic rings. The minimum absolute atomic E-state index is 0.174. The van der Waals surface area contributed by atoms with Crippen molar-refractivity contribution in [1.82, 2.24) is 9.88 Å². The summed E-state index contributed by atoms with van der Waals surface area (Å²) in [7, 11) is -3.42. The summed E-state index contributed by atoms with van der Waals surface area (Å²) in [6.07, 6.45) is 2.72. The zero-order valence-corrected chi connectivity index (χ0v) is 11.7. The Bertz CT molecular complexity index is 456. The van der Waals surface area contributed by atoms with Crippen molar-refractivity contribution < 1.29 is 12.9 Å². The minimum atomic E-state index is -3.42. The third-order valence-corrected chi connectivity index (χ3v) is 3.92. The van der Waals surface area contributed by atoms with E-state index in [2.05, 4.69) is 16.8 Å². The molecule has 0 spiro atoms. The highest BCUT2D eigenvalue weighted by molar-refractivity contribution is 7.88. The van der Waals surface area contributed by atoms with Crippen molar-refractivity contribution in [3.05, 3.63) is 17.5 Å². The smallest absolute Gasteiger partial charge is 0.217 e. The van der Waals surface area contributed by atoms with Crippen LogP contribution in [0, 0.1) is 6.92 Å². The lowest BCUT2D eigenvalue weighted by Crippen LogP contribution is -2.40. The molecule has 0 bridgehead atoms. The molecule has 1 rings (SSSR count). The Morgan fingerprint density at radius 2 is 2.28 bits per heavy atom. The van der Waals surface area contributed by atoms with Crippen molar-refractivity contribution in [2.75, 3.05) is 6.54 Å². The number of rotatable bonds is 8. The van der Waals surface area contributed by atoms with Crippen molar-refractivity contribution in [3.63, 3.8) is 0 Å². The van der Waals surface area contributed by atoms with Crippen LogP contribution >= 0.6 is 0 Å². The molecule has 1 heterocycles. The Labute approximate surface area is 108 Å². The van der Waals surface area contributed by atoms with Crippen LogP contribution in [0.3, 0.4) is 0 Å². The molecule has 0 amide bonds. The summed E-state index contributed by atoms with van der Waals surface area (Å²) in [5, 5.41) is 3.67. The molecule has 0 fully saturated rings. The normalized spacial score (nSPS) is 13.7. The molecule has 0 aromatic carbocycles. The van der Waals surface area contributed by atoms with E-state index in [1.54, 1.807) is 13.0 Å². The van der Waals surface area contributed by atoms with Crippen LogP contribution in [-0.2, 0) is 15.8 Å². The Kier molecular flexibility index (Phi) is 5.77. The van der Waals surface area contributed by atoms with Crippen LogP contribution in [0.25, 0.3) is 0 Å². The van der Waals surface area contributed by atoms with Crippen LogP contribution in [-0.4, -0.2) is 26.2 Å². The van der Waals surface area contributed by atoms with Crippen molar-refractivity contribution in [3.8, 4) is 0 Å². The first-order valence-electron chi connectivity index (χ1n) is 6.09. The summed E-state index contributed by atoms with van der Waals surface area (Å²) in [6.45, 7) is 4.08. The molecule has 0 aliphatic carbocycles. The number of nitrogens with one attached hydrogen (secondary N) is 1. The van der Waals surface area contributed by atoms with E-state index in [0.717, 1.165) is 19.3 Å². The molecule has 3 N–H and O–H groups in total. The molecule has 0 saturated heterocycles. The number of aryl methyl sites for hydroxylation is 1. The van der Waals surface area contributed by atoms with Gasteiger partial charge in [-0.15, -0.1) is 0 Å². The fourth-order valence-corrected chi connectivity index (χ4v) is 2.98. The molecule has 6 nitrogen and oxygen atoms in total. The summed E-state index contributed by atoms with van der Waals surface area (Å²) >= 11 is 0. The quantitative estimate of drug-likeness (QED) is 0.735. The van der Waals surface area contributed by atoms with Crippen molar-refractivity contribution in [1.29, 1.82) is 0 Å². The van der Waals surface area contributed by atoms with E-state index in [1.807, 2.05) is 0 Å². The molecule has 18 heavy (non-hydrogen) atoms. The second kappa shape index (κ2) is 6.86. The SMILES string of the molecule is CCCCC(CN)NS(=O)(=O)Cc1cc(C)on1. The number of hydrogen-bond donors (Lipinski definition) is 2. The van der Waals surface area contributed by atoms with Crippen LogP contribution in [0.5, 0.6) is 0 Å². The summed E-state index contributed by atoms with van der Waals surface area (Å²) in [5.41, 5.74) is 5.97. The van der Waals surface area contributed by atoms with Crippen molar-refractivity contribution in [2.45, 2.75) is 44.9 Å². The first-order chi connectivity index (χ1) is 8.46. The standard InChI is InChI=1S/C11H21N3O3S/c1-3-4-5-10(7-12)14-18(15,16)8-11-6-9(2)17-13-11/h6,10,14H,3-5,7-8,12H2,1-2H3. The maximum Gasteiger partial charge on any atom is 0.217 e. The van der Waals surface area contributed by atoms with Gasteiger partial charge in [0, 0.05) is 18.7 Å². The molecular weight excluding hydrogens is 254 g/mol.